The number of amides is 1. The summed E-state index contributed by atoms with van der Waals surface area (Å²) < 4.78 is 5.49. The second kappa shape index (κ2) is 6.07. The minimum atomic E-state index is 0.117. The monoisotopic (exact) mass is 325 g/mol. The maximum Gasteiger partial charge on any atom is 0.231 e. The molecule has 7 nitrogen and oxygen atoms in total. The van der Waals surface area contributed by atoms with Gasteiger partial charge in [0.15, 0.2) is 0 Å². The van der Waals surface area contributed by atoms with Crippen molar-refractivity contribution in [1.82, 2.24) is 25.0 Å². The number of hydrogen-bond donors (Lipinski definition) is 1. The number of carbonyl (C=O) groups is 1. The van der Waals surface area contributed by atoms with Crippen LogP contribution in [0.2, 0.25) is 0 Å². The average molecular weight is 325 g/mol. The molecular weight excluding hydrogens is 306 g/mol. The number of H-pyrrole nitrogens is 1. The second-order valence-corrected chi connectivity index (χ2v) is 6.12. The number of hydrogen-bond acceptors (Lipinski definition) is 5. The lowest BCUT2D eigenvalue weighted by Gasteiger charge is -2.30. The number of carbonyl (C=O) groups excluding carboxylic acids is 1. The van der Waals surface area contributed by atoms with Crippen LogP contribution in [-0.2, 0) is 4.79 Å². The summed E-state index contributed by atoms with van der Waals surface area (Å²) in [7, 11) is 0. The molecule has 3 heterocycles. The molecule has 0 bridgehead atoms. The van der Waals surface area contributed by atoms with Crippen molar-refractivity contribution in [3.63, 3.8) is 0 Å². The second-order valence-electron chi connectivity index (χ2n) is 6.12. The number of imidazole rings is 1. The van der Waals surface area contributed by atoms with Gasteiger partial charge in [0.05, 0.1) is 23.3 Å². The van der Waals surface area contributed by atoms with E-state index in [-0.39, 0.29) is 11.8 Å². The van der Waals surface area contributed by atoms with Crippen molar-refractivity contribution in [2.75, 3.05) is 13.1 Å². The lowest BCUT2D eigenvalue weighted by molar-refractivity contribution is -0.132. The zero-order valence-electron chi connectivity index (χ0n) is 13.5. The number of aromatic amines is 1. The Morgan fingerprint density at radius 3 is 3.25 bits per heavy atom. The van der Waals surface area contributed by atoms with E-state index in [1.54, 1.807) is 6.33 Å². The van der Waals surface area contributed by atoms with Crippen molar-refractivity contribution in [2.45, 2.75) is 32.1 Å². The summed E-state index contributed by atoms with van der Waals surface area (Å²) >= 11 is 0. The van der Waals surface area contributed by atoms with Crippen LogP contribution in [-0.4, -0.2) is 44.0 Å². The molecule has 1 saturated heterocycles. The molecule has 24 heavy (non-hydrogen) atoms. The summed E-state index contributed by atoms with van der Waals surface area (Å²) in [6.07, 6.45) is 4.13. The molecule has 1 aromatic carbocycles. The van der Waals surface area contributed by atoms with E-state index < -0.39 is 0 Å². The van der Waals surface area contributed by atoms with Crippen LogP contribution in [0.5, 0.6) is 0 Å². The van der Waals surface area contributed by atoms with Crippen LogP contribution in [0.3, 0.4) is 0 Å². The Balaban J connectivity index is 1.56. The Bertz CT molecular complexity index is 869. The van der Waals surface area contributed by atoms with Gasteiger partial charge in [0.25, 0.3) is 0 Å². The largest absolute Gasteiger partial charge is 0.345 e. The fraction of sp³-hybridized carbons (Fsp3) is 0.412. The highest BCUT2D eigenvalue weighted by Gasteiger charge is 2.28. The smallest absolute Gasteiger partial charge is 0.231 e. The van der Waals surface area contributed by atoms with E-state index in [2.05, 4.69) is 20.1 Å². The van der Waals surface area contributed by atoms with Crippen LogP contribution >= 0.6 is 0 Å². The summed E-state index contributed by atoms with van der Waals surface area (Å²) in [6.45, 7) is 3.37. The Labute approximate surface area is 139 Å². The molecule has 1 fully saturated rings. The first-order chi connectivity index (χ1) is 11.7. The van der Waals surface area contributed by atoms with Gasteiger partial charge in [-0.1, -0.05) is 12.1 Å². The van der Waals surface area contributed by atoms with E-state index in [4.69, 9.17) is 4.52 Å². The fourth-order valence-electron chi connectivity index (χ4n) is 3.22. The summed E-state index contributed by atoms with van der Waals surface area (Å²) in [5, 5.41) is 4.12. The predicted molar refractivity (Wildman–Crippen MR) is 88.2 cm³/mol. The molecule has 1 atom stereocenters. The normalized spacial score (nSPS) is 18.2. The molecule has 1 aliphatic rings. The first-order valence-corrected chi connectivity index (χ1v) is 8.29. The van der Waals surface area contributed by atoms with Crippen LogP contribution in [0.25, 0.3) is 22.4 Å². The van der Waals surface area contributed by atoms with Gasteiger partial charge in [-0.25, -0.2) is 4.98 Å². The first kappa shape index (κ1) is 14.9. The van der Waals surface area contributed by atoms with Crippen molar-refractivity contribution < 1.29 is 9.32 Å². The minimum Gasteiger partial charge on any atom is -0.345 e. The molecule has 7 heteroatoms. The molecule has 1 unspecified atom stereocenters. The number of piperidine rings is 1. The van der Waals surface area contributed by atoms with Gasteiger partial charge < -0.3 is 14.4 Å². The highest BCUT2D eigenvalue weighted by atomic mass is 16.5. The van der Waals surface area contributed by atoms with E-state index in [0.717, 1.165) is 36.0 Å². The van der Waals surface area contributed by atoms with Gasteiger partial charge in [-0.05, 0) is 31.0 Å². The molecule has 0 spiro atoms. The predicted octanol–water partition coefficient (Wildman–Crippen LogP) is 2.73. The molecular formula is C17H19N5O2. The molecule has 0 aliphatic carbocycles. The van der Waals surface area contributed by atoms with Gasteiger partial charge in [-0.3, -0.25) is 4.79 Å². The highest BCUT2D eigenvalue weighted by Crippen LogP contribution is 2.28. The van der Waals surface area contributed by atoms with E-state index in [1.807, 2.05) is 30.0 Å². The summed E-state index contributed by atoms with van der Waals surface area (Å²) in [5.41, 5.74) is 2.73. The van der Waals surface area contributed by atoms with Crippen LogP contribution in [0.1, 0.15) is 38.0 Å². The standard InChI is InChI=1S/C17H19N5O2/c1-2-15(23)22-7-3-4-12(9-22)17-20-16(21-24-17)11-5-6-13-14(8-11)19-10-18-13/h5-6,8,10,12H,2-4,7,9H2,1H3,(H,18,19). The van der Waals surface area contributed by atoms with Crippen LogP contribution in [0.4, 0.5) is 0 Å². The number of nitrogens with zero attached hydrogens (tertiary/aromatic N) is 4. The molecule has 1 amide bonds. The SMILES string of the molecule is CCC(=O)N1CCCC(c2nc(-c3ccc4nc[nH]c4c3)no2)C1. The Hall–Kier alpha value is -2.70. The fourth-order valence-corrected chi connectivity index (χ4v) is 3.22. The van der Waals surface area contributed by atoms with Crippen molar-refractivity contribution >= 4 is 16.9 Å². The Morgan fingerprint density at radius 2 is 2.38 bits per heavy atom. The number of rotatable bonds is 3. The van der Waals surface area contributed by atoms with Crippen LogP contribution in [0, 0.1) is 0 Å². The number of aromatic nitrogens is 4. The van der Waals surface area contributed by atoms with Gasteiger partial charge in [0, 0.05) is 25.1 Å². The third kappa shape index (κ3) is 2.66. The molecule has 124 valence electrons. The van der Waals surface area contributed by atoms with Crippen LogP contribution in [0.15, 0.2) is 29.0 Å². The summed E-state index contributed by atoms with van der Waals surface area (Å²) in [4.78, 5) is 25.7. The maximum atomic E-state index is 11.9. The number of nitrogens with one attached hydrogen (secondary N) is 1. The van der Waals surface area contributed by atoms with Crippen molar-refractivity contribution in [2.24, 2.45) is 0 Å². The van der Waals surface area contributed by atoms with E-state index in [0.29, 0.717) is 24.7 Å². The van der Waals surface area contributed by atoms with Gasteiger partial charge >= 0.3 is 0 Å². The minimum absolute atomic E-state index is 0.117. The van der Waals surface area contributed by atoms with Crippen molar-refractivity contribution in [1.29, 1.82) is 0 Å². The average Bonchev–Trinajstić information content (AvgIpc) is 3.29. The lowest BCUT2D eigenvalue weighted by atomic mass is 9.97. The molecule has 4 rings (SSSR count). The number of fused-ring (bicyclic) bond motifs is 1. The molecule has 2 aromatic heterocycles. The molecule has 3 aromatic rings. The van der Waals surface area contributed by atoms with Crippen LogP contribution < -0.4 is 0 Å². The van der Waals surface area contributed by atoms with Gasteiger partial charge in [-0.15, -0.1) is 0 Å². The Kier molecular flexibility index (Phi) is 3.76. The summed E-state index contributed by atoms with van der Waals surface area (Å²) in [6, 6.07) is 5.83. The highest BCUT2D eigenvalue weighted by molar-refractivity contribution is 5.79. The topological polar surface area (TPSA) is 87.9 Å². The molecule has 1 N–H and O–H groups in total. The van der Waals surface area contributed by atoms with Gasteiger partial charge in [0.1, 0.15) is 0 Å². The molecule has 0 saturated carbocycles. The lowest BCUT2D eigenvalue weighted by Crippen LogP contribution is -2.38. The number of benzene rings is 1. The zero-order valence-corrected chi connectivity index (χ0v) is 13.5. The van der Waals surface area contributed by atoms with Gasteiger partial charge in [0.2, 0.25) is 17.6 Å². The first-order valence-electron chi connectivity index (χ1n) is 8.29. The Morgan fingerprint density at radius 1 is 1.46 bits per heavy atom. The van der Waals surface area contributed by atoms with E-state index >= 15 is 0 Å². The third-order valence-corrected chi connectivity index (χ3v) is 4.55. The summed E-state index contributed by atoms with van der Waals surface area (Å²) in [5.74, 6) is 1.49. The van der Waals surface area contributed by atoms with Crippen molar-refractivity contribution in [3.05, 3.63) is 30.4 Å². The zero-order chi connectivity index (χ0) is 16.5. The van der Waals surface area contributed by atoms with E-state index in [9.17, 15) is 4.79 Å². The van der Waals surface area contributed by atoms with Gasteiger partial charge in [-0.2, -0.15) is 4.98 Å². The number of likely N-dealkylation sites (tertiary alicyclic amines) is 1. The maximum absolute atomic E-state index is 11.9. The molecule has 0 radical (unpaired) electrons. The quantitative estimate of drug-likeness (QED) is 0.800. The van der Waals surface area contributed by atoms with Crippen molar-refractivity contribution in [3.8, 4) is 11.4 Å². The molecule has 1 aliphatic heterocycles. The third-order valence-electron chi connectivity index (χ3n) is 4.55. The van der Waals surface area contributed by atoms with E-state index in [1.165, 1.54) is 0 Å².